The maximum Gasteiger partial charge on any atom is 0.405 e. The van der Waals surface area contributed by atoms with E-state index in [4.69, 9.17) is 5.73 Å². The molecule has 1 aliphatic heterocycles. The first-order valence-corrected chi connectivity index (χ1v) is 9.52. The zero-order chi connectivity index (χ0) is 21.8. The standard InChI is InChI=1S/C18H24F5N4OP/c1-25-8-13-9-26(2-3-27(13)10-18(21,22)23)17(28)6-12(24)4-11-5-14(19)15(20)7-16(11)29/h5,7-8,12,25H,2-4,6,9-10,24,29H2,1H3/b13-8-. The largest absolute Gasteiger partial charge is 0.405 e. The van der Waals surface area contributed by atoms with Gasteiger partial charge in [0, 0.05) is 44.5 Å². The van der Waals surface area contributed by atoms with Gasteiger partial charge in [-0.25, -0.2) is 8.78 Å². The van der Waals surface area contributed by atoms with Crippen LogP contribution in [-0.4, -0.2) is 61.2 Å². The minimum absolute atomic E-state index is 0.0303. The number of benzene rings is 1. The molecule has 11 heteroatoms. The van der Waals surface area contributed by atoms with Gasteiger partial charge in [-0.3, -0.25) is 4.79 Å². The molecule has 1 heterocycles. The molecule has 1 amide bonds. The molecular weight excluding hydrogens is 414 g/mol. The van der Waals surface area contributed by atoms with Crippen LogP contribution in [0.15, 0.2) is 24.0 Å². The highest BCUT2D eigenvalue weighted by Crippen LogP contribution is 2.22. The molecule has 5 nitrogen and oxygen atoms in total. The van der Waals surface area contributed by atoms with Crippen molar-refractivity contribution in [3.63, 3.8) is 0 Å². The van der Waals surface area contributed by atoms with Crippen molar-refractivity contribution >= 4 is 20.5 Å². The topological polar surface area (TPSA) is 61.6 Å². The second-order valence-electron chi connectivity index (χ2n) is 6.91. The van der Waals surface area contributed by atoms with Gasteiger partial charge in [0.1, 0.15) is 6.54 Å². The van der Waals surface area contributed by atoms with Crippen molar-refractivity contribution in [2.75, 3.05) is 33.2 Å². The van der Waals surface area contributed by atoms with E-state index in [1.807, 2.05) is 0 Å². The summed E-state index contributed by atoms with van der Waals surface area (Å²) < 4.78 is 64.9. The lowest BCUT2D eigenvalue weighted by Crippen LogP contribution is -2.50. The number of hydrogen-bond donors (Lipinski definition) is 2. The highest BCUT2D eigenvalue weighted by atomic mass is 31.0. The molecule has 3 N–H and O–H groups in total. The molecule has 1 fully saturated rings. The van der Waals surface area contributed by atoms with Crippen molar-refractivity contribution in [2.45, 2.75) is 25.1 Å². The molecule has 0 radical (unpaired) electrons. The maximum absolute atomic E-state index is 13.4. The SMILES string of the molecule is CN/C=C1/CN(C(=O)CC(N)Cc2cc(F)c(F)cc2P)CCN1CC(F)(F)F. The monoisotopic (exact) mass is 438 g/mol. The minimum Gasteiger partial charge on any atom is -0.393 e. The van der Waals surface area contributed by atoms with Crippen molar-refractivity contribution in [1.82, 2.24) is 15.1 Å². The predicted octanol–water partition coefficient (Wildman–Crippen LogP) is 1.49. The molecule has 0 saturated carbocycles. The van der Waals surface area contributed by atoms with Crippen LogP contribution in [0.2, 0.25) is 0 Å². The van der Waals surface area contributed by atoms with Crippen LogP contribution in [0, 0.1) is 11.6 Å². The summed E-state index contributed by atoms with van der Waals surface area (Å²) in [6.45, 7) is -0.868. The number of carbonyl (C=O) groups excluding carboxylic acids is 1. The third-order valence-corrected chi connectivity index (χ3v) is 5.07. The Hall–Kier alpha value is -1.93. The number of nitrogens with zero attached hydrogens (tertiary/aromatic N) is 2. The Labute approximate surface area is 168 Å². The third kappa shape index (κ3) is 6.82. The van der Waals surface area contributed by atoms with Gasteiger partial charge in [-0.05, 0) is 29.4 Å². The van der Waals surface area contributed by atoms with Gasteiger partial charge >= 0.3 is 6.18 Å². The van der Waals surface area contributed by atoms with Gasteiger partial charge in [-0.1, -0.05) is 0 Å². The van der Waals surface area contributed by atoms with Crippen LogP contribution in [0.1, 0.15) is 12.0 Å². The van der Waals surface area contributed by atoms with Crippen molar-refractivity contribution in [1.29, 1.82) is 0 Å². The third-order valence-electron chi connectivity index (χ3n) is 4.53. The second-order valence-corrected chi connectivity index (χ2v) is 7.53. The van der Waals surface area contributed by atoms with E-state index in [-0.39, 0.29) is 38.4 Å². The Balaban J connectivity index is 1.98. The Morgan fingerprint density at radius 3 is 2.59 bits per heavy atom. The van der Waals surface area contributed by atoms with E-state index in [1.165, 1.54) is 16.0 Å². The second kappa shape index (κ2) is 9.71. The maximum atomic E-state index is 13.4. The number of carbonyl (C=O) groups is 1. The summed E-state index contributed by atoms with van der Waals surface area (Å²) in [5.41, 5.74) is 6.84. The van der Waals surface area contributed by atoms with E-state index in [1.54, 1.807) is 7.05 Å². The number of amides is 1. The fourth-order valence-electron chi connectivity index (χ4n) is 3.16. The Morgan fingerprint density at radius 2 is 1.97 bits per heavy atom. The van der Waals surface area contributed by atoms with Crippen molar-refractivity contribution in [3.8, 4) is 0 Å². The quantitative estimate of drug-likeness (QED) is 0.522. The highest BCUT2D eigenvalue weighted by molar-refractivity contribution is 7.27. The zero-order valence-electron chi connectivity index (χ0n) is 15.9. The molecule has 2 atom stereocenters. The van der Waals surface area contributed by atoms with E-state index < -0.39 is 30.4 Å². The zero-order valence-corrected chi connectivity index (χ0v) is 17.1. The molecule has 1 saturated heterocycles. The summed E-state index contributed by atoms with van der Waals surface area (Å²) in [6.07, 6.45) is -2.81. The van der Waals surface area contributed by atoms with Crippen LogP contribution in [-0.2, 0) is 11.2 Å². The number of piperazine rings is 1. The van der Waals surface area contributed by atoms with Crippen molar-refractivity contribution < 1.29 is 26.7 Å². The smallest absolute Gasteiger partial charge is 0.393 e. The van der Waals surface area contributed by atoms with Gasteiger partial charge in [0.25, 0.3) is 0 Å². The molecule has 0 spiro atoms. The number of alkyl halides is 3. The molecule has 0 aromatic heterocycles. The predicted molar refractivity (Wildman–Crippen MR) is 103 cm³/mol. The summed E-state index contributed by atoms with van der Waals surface area (Å²) in [7, 11) is 3.87. The molecule has 0 aliphatic carbocycles. The van der Waals surface area contributed by atoms with Gasteiger partial charge in [-0.2, -0.15) is 13.2 Å². The van der Waals surface area contributed by atoms with Gasteiger partial charge < -0.3 is 20.9 Å². The number of rotatable bonds is 6. The molecule has 2 unspecified atom stereocenters. The lowest BCUT2D eigenvalue weighted by atomic mass is 10.0. The van der Waals surface area contributed by atoms with Gasteiger partial charge in [-0.15, -0.1) is 9.24 Å². The van der Waals surface area contributed by atoms with E-state index >= 15 is 0 Å². The molecule has 0 bridgehead atoms. The first-order valence-electron chi connectivity index (χ1n) is 8.95. The normalized spacial score (nSPS) is 17.6. The lowest BCUT2D eigenvalue weighted by Gasteiger charge is -2.38. The van der Waals surface area contributed by atoms with E-state index in [2.05, 4.69) is 14.6 Å². The fraction of sp³-hybridized carbons (Fsp3) is 0.500. The van der Waals surface area contributed by atoms with Crippen LogP contribution in [0.4, 0.5) is 22.0 Å². The Morgan fingerprint density at radius 1 is 1.31 bits per heavy atom. The average Bonchev–Trinajstić information content (AvgIpc) is 2.60. The van der Waals surface area contributed by atoms with Crippen LogP contribution in [0.3, 0.4) is 0 Å². The molecule has 162 valence electrons. The number of halogens is 5. The van der Waals surface area contributed by atoms with Crippen LogP contribution >= 0.6 is 9.24 Å². The molecule has 1 aromatic carbocycles. The highest BCUT2D eigenvalue weighted by Gasteiger charge is 2.34. The summed E-state index contributed by atoms with van der Waals surface area (Å²) in [4.78, 5) is 15.2. The first kappa shape index (κ1) is 23.3. The van der Waals surface area contributed by atoms with E-state index in [9.17, 15) is 26.7 Å². The molecule has 1 aromatic rings. The van der Waals surface area contributed by atoms with Crippen molar-refractivity contribution in [2.24, 2.45) is 5.73 Å². The minimum atomic E-state index is -4.35. The van der Waals surface area contributed by atoms with Gasteiger partial charge in [0.2, 0.25) is 5.91 Å². The fourth-order valence-corrected chi connectivity index (χ4v) is 3.51. The molecular formula is C18H24F5N4OP. The van der Waals surface area contributed by atoms with Crippen LogP contribution in [0.5, 0.6) is 0 Å². The molecule has 29 heavy (non-hydrogen) atoms. The average molecular weight is 438 g/mol. The van der Waals surface area contributed by atoms with Crippen LogP contribution < -0.4 is 16.4 Å². The number of nitrogens with two attached hydrogens (primary N) is 1. The number of hydrogen-bond acceptors (Lipinski definition) is 4. The number of nitrogens with one attached hydrogen (secondary N) is 1. The molecule has 2 rings (SSSR count). The van der Waals surface area contributed by atoms with Crippen LogP contribution in [0.25, 0.3) is 0 Å². The van der Waals surface area contributed by atoms with E-state index in [0.29, 0.717) is 16.6 Å². The Kier molecular flexibility index (Phi) is 7.82. The van der Waals surface area contributed by atoms with Crippen molar-refractivity contribution in [3.05, 3.63) is 41.2 Å². The summed E-state index contributed by atoms with van der Waals surface area (Å²) in [6, 6.07) is 1.45. The lowest BCUT2D eigenvalue weighted by molar-refractivity contribution is -0.146. The summed E-state index contributed by atoms with van der Waals surface area (Å²) in [5, 5.41) is 3.15. The summed E-state index contributed by atoms with van der Waals surface area (Å²) in [5.74, 6) is -2.27. The Bertz CT molecular complexity index is 771. The van der Waals surface area contributed by atoms with Gasteiger partial charge in [0.15, 0.2) is 11.6 Å². The van der Waals surface area contributed by atoms with E-state index in [0.717, 1.165) is 12.1 Å². The van der Waals surface area contributed by atoms with Gasteiger partial charge in [0.05, 0.1) is 6.54 Å². The first-order chi connectivity index (χ1) is 13.5. The summed E-state index contributed by atoms with van der Waals surface area (Å²) >= 11 is 0. The molecule has 1 aliphatic rings.